The second-order valence-electron chi connectivity index (χ2n) is 6.26. The van der Waals surface area contributed by atoms with Crippen LogP contribution in [0.4, 0.5) is 4.79 Å². The van der Waals surface area contributed by atoms with E-state index < -0.39 is 6.23 Å². The highest BCUT2D eigenvalue weighted by Gasteiger charge is 2.48. The molecule has 116 valence electrons. The van der Waals surface area contributed by atoms with Crippen LogP contribution in [0.2, 0.25) is 0 Å². The molecule has 5 nitrogen and oxygen atoms in total. The molecule has 0 aromatic carbocycles. The van der Waals surface area contributed by atoms with E-state index in [1.54, 1.807) is 23.9 Å². The molecule has 0 saturated carbocycles. The highest BCUT2D eigenvalue weighted by molar-refractivity contribution is 5.76. The number of esters is 1. The van der Waals surface area contributed by atoms with Crippen molar-refractivity contribution in [2.24, 2.45) is 11.3 Å². The molecule has 5 heteroatoms. The summed E-state index contributed by atoms with van der Waals surface area (Å²) in [5, 5.41) is 0. The first kappa shape index (κ1) is 16.8. The van der Waals surface area contributed by atoms with Gasteiger partial charge in [-0.1, -0.05) is 27.7 Å². The van der Waals surface area contributed by atoms with Crippen molar-refractivity contribution >= 4 is 12.0 Å². The number of carbonyl (C=O) groups is 2. The Hall–Kier alpha value is -1.26. The Morgan fingerprint density at radius 1 is 1.35 bits per heavy atom. The molecular formula is C15H28N2O3. The number of urea groups is 1. The Bertz CT molecular complexity index is 364. The maximum atomic E-state index is 12.1. The van der Waals surface area contributed by atoms with Crippen LogP contribution in [0.1, 0.15) is 47.0 Å². The van der Waals surface area contributed by atoms with Crippen LogP contribution in [-0.2, 0) is 9.53 Å². The third kappa shape index (κ3) is 3.25. The van der Waals surface area contributed by atoms with Gasteiger partial charge in [-0.25, -0.2) is 4.79 Å². The van der Waals surface area contributed by atoms with E-state index in [1.165, 1.54) is 0 Å². The van der Waals surface area contributed by atoms with Crippen LogP contribution < -0.4 is 0 Å². The third-order valence-corrected chi connectivity index (χ3v) is 4.28. The minimum Gasteiger partial charge on any atom is -0.441 e. The molecule has 0 aromatic rings. The predicted molar refractivity (Wildman–Crippen MR) is 78.1 cm³/mol. The van der Waals surface area contributed by atoms with Crippen molar-refractivity contribution in [3.8, 4) is 0 Å². The summed E-state index contributed by atoms with van der Waals surface area (Å²) in [6.45, 7) is 8.77. The summed E-state index contributed by atoms with van der Waals surface area (Å²) in [4.78, 5) is 27.4. The van der Waals surface area contributed by atoms with Crippen LogP contribution in [0, 0.1) is 11.3 Å². The quantitative estimate of drug-likeness (QED) is 0.729. The fourth-order valence-corrected chi connectivity index (χ4v) is 2.93. The molecule has 1 aliphatic rings. The summed E-state index contributed by atoms with van der Waals surface area (Å²) >= 11 is 0. The van der Waals surface area contributed by atoms with Gasteiger partial charge in [0.2, 0.25) is 0 Å². The SMILES string of the molecule is CCC1(CC)CN(C)C(=O)N(C)C1OC(=O)CC(C)C. The largest absolute Gasteiger partial charge is 0.441 e. The Kier molecular flexibility index (Phi) is 5.42. The summed E-state index contributed by atoms with van der Waals surface area (Å²) in [5.74, 6) is 0.0351. The second-order valence-corrected chi connectivity index (χ2v) is 6.26. The van der Waals surface area contributed by atoms with E-state index in [1.807, 2.05) is 13.8 Å². The number of hydrogen-bond acceptors (Lipinski definition) is 3. The average molecular weight is 284 g/mol. The molecule has 1 unspecified atom stereocenters. The van der Waals surface area contributed by atoms with Crippen molar-refractivity contribution < 1.29 is 14.3 Å². The average Bonchev–Trinajstić information content (AvgIpc) is 2.38. The minimum atomic E-state index is -0.465. The molecule has 0 N–H and O–H groups in total. The molecule has 1 aliphatic heterocycles. The van der Waals surface area contributed by atoms with E-state index in [2.05, 4.69) is 13.8 Å². The highest BCUT2D eigenvalue weighted by atomic mass is 16.6. The van der Waals surface area contributed by atoms with Crippen molar-refractivity contribution in [1.82, 2.24) is 9.80 Å². The zero-order valence-electron chi connectivity index (χ0n) is 13.6. The number of nitrogens with zero attached hydrogens (tertiary/aromatic N) is 2. The van der Waals surface area contributed by atoms with E-state index in [0.29, 0.717) is 13.0 Å². The summed E-state index contributed by atoms with van der Waals surface area (Å²) in [7, 11) is 3.51. The smallest absolute Gasteiger partial charge is 0.322 e. The number of hydrogen-bond donors (Lipinski definition) is 0. The lowest BCUT2D eigenvalue weighted by atomic mass is 9.78. The number of carbonyl (C=O) groups excluding carboxylic acids is 2. The van der Waals surface area contributed by atoms with Crippen molar-refractivity contribution in [3.05, 3.63) is 0 Å². The minimum absolute atomic E-state index is 0.0927. The monoisotopic (exact) mass is 284 g/mol. The lowest BCUT2D eigenvalue weighted by molar-refractivity contribution is -0.178. The van der Waals surface area contributed by atoms with E-state index >= 15 is 0 Å². The third-order valence-electron chi connectivity index (χ3n) is 4.28. The topological polar surface area (TPSA) is 49.9 Å². The maximum absolute atomic E-state index is 12.1. The molecule has 1 fully saturated rings. The van der Waals surface area contributed by atoms with Gasteiger partial charge in [0.25, 0.3) is 0 Å². The van der Waals surface area contributed by atoms with Gasteiger partial charge in [0.05, 0.1) is 0 Å². The molecule has 0 radical (unpaired) electrons. The van der Waals surface area contributed by atoms with Gasteiger partial charge in [-0.15, -0.1) is 0 Å². The molecule has 1 saturated heterocycles. The molecule has 2 amide bonds. The van der Waals surface area contributed by atoms with Gasteiger partial charge in [-0.05, 0) is 18.8 Å². The van der Waals surface area contributed by atoms with Gasteiger partial charge in [0, 0.05) is 32.5 Å². The number of rotatable bonds is 5. The summed E-state index contributed by atoms with van der Waals surface area (Å²) in [5.41, 5.74) is -0.190. The van der Waals surface area contributed by atoms with Crippen LogP contribution in [-0.4, -0.2) is 48.7 Å². The normalized spacial score (nSPS) is 22.4. The van der Waals surface area contributed by atoms with Crippen LogP contribution in [0.15, 0.2) is 0 Å². The van der Waals surface area contributed by atoms with Crippen LogP contribution in [0.25, 0.3) is 0 Å². The summed E-state index contributed by atoms with van der Waals surface area (Å²) in [6, 6.07) is -0.0927. The lowest BCUT2D eigenvalue weighted by Gasteiger charge is -2.50. The van der Waals surface area contributed by atoms with Gasteiger partial charge in [0.15, 0.2) is 6.23 Å². The summed E-state index contributed by atoms with van der Waals surface area (Å²) < 4.78 is 5.67. The molecule has 1 atom stereocenters. The lowest BCUT2D eigenvalue weighted by Crippen LogP contribution is -2.63. The van der Waals surface area contributed by atoms with Crippen LogP contribution in [0.5, 0.6) is 0 Å². The molecule has 0 aromatic heterocycles. The van der Waals surface area contributed by atoms with Crippen molar-refractivity contribution in [1.29, 1.82) is 0 Å². The van der Waals surface area contributed by atoms with Crippen molar-refractivity contribution in [3.63, 3.8) is 0 Å². The molecule has 0 spiro atoms. The zero-order chi connectivity index (χ0) is 15.5. The van der Waals surface area contributed by atoms with Crippen LogP contribution >= 0.6 is 0 Å². The maximum Gasteiger partial charge on any atom is 0.322 e. The van der Waals surface area contributed by atoms with E-state index in [0.717, 1.165) is 12.8 Å². The van der Waals surface area contributed by atoms with E-state index in [4.69, 9.17) is 4.74 Å². The molecule has 20 heavy (non-hydrogen) atoms. The number of ether oxygens (including phenoxy) is 1. The predicted octanol–water partition coefficient (Wildman–Crippen LogP) is 2.71. The second kappa shape index (κ2) is 6.46. The first-order valence-electron chi connectivity index (χ1n) is 7.44. The van der Waals surface area contributed by atoms with Crippen molar-refractivity contribution in [2.45, 2.75) is 53.2 Å². The Balaban J connectivity index is 2.96. The van der Waals surface area contributed by atoms with Gasteiger partial charge in [-0.3, -0.25) is 9.69 Å². The van der Waals surface area contributed by atoms with Gasteiger partial charge in [-0.2, -0.15) is 0 Å². The molecule has 1 rings (SSSR count). The van der Waals surface area contributed by atoms with Gasteiger partial charge in [0.1, 0.15) is 0 Å². The first-order chi connectivity index (χ1) is 9.27. The molecule has 0 aliphatic carbocycles. The zero-order valence-corrected chi connectivity index (χ0v) is 13.6. The van der Waals surface area contributed by atoms with Crippen molar-refractivity contribution in [2.75, 3.05) is 20.6 Å². The molecular weight excluding hydrogens is 256 g/mol. The van der Waals surface area contributed by atoms with Crippen LogP contribution in [0.3, 0.4) is 0 Å². The Morgan fingerprint density at radius 2 is 1.90 bits per heavy atom. The highest BCUT2D eigenvalue weighted by Crippen LogP contribution is 2.38. The van der Waals surface area contributed by atoms with Gasteiger partial charge < -0.3 is 9.64 Å². The summed E-state index contributed by atoms with van der Waals surface area (Å²) in [6.07, 6.45) is 1.65. The van der Waals surface area contributed by atoms with Gasteiger partial charge >= 0.3 is 12.0 Å². The Morgan fingerprint density at radius 3 is 2.35 bits per heavy atom. The van der Waals surface area contributed by atoms with E-state index in [-0.39, 0.29) is 23.3 Å². The fraction of sp³-hybridized carbons (Fsp3) is 0.867. The Labute approximate surface area is 122 Å². The van der Waals surface area contributed by atoms with E-state index in [9.17, 15) is 9.59 Å². The molecule has 0 bridgehead atoms. The molecule has 1 heterocycles. The number of amides is 2. The first-order valence-corrected chi connectivity index (χ1v) is 7.44. The fourth-order valence-electron chi connectivity index (χ4n) is 2.93. The standard InChI is InChI=1S/C15H28N2O3/c1-7-15(8-2)10-16(5)14(19)17(6)13(15)20-12(18)9-11(3)4/h11,13H,7-10H2,1-6H3.